The van der Waals surface area contributed by atoms with Crippen LogP contribution < -0.4 is 26.2 Å². The van der Waals surface area contributed by atoms with Crippen LogP contribution in [0.3, 0.4) is 0 Å². The average Bonchev–Trinajstić information content (AvgIpc) is 3.06. The summed E-state index contributed by atoms with van der Waals surface area (Å²) in [5, 5.41) is 0. The van der Waals surface area contributed by atoms with E-state index in [4.69, 9.17) is 5.73 Å². The van der Waals surface area contributed by atoms with Crippen molar-refractivity contribution in [3.63, 3.8) is 0 Å². The van der Waals surface area contributed by atoms with Crippen molar-refractivity contribution in [3.8, 4) is 0 Å². The fraction of sp³-hybridized carbons (Fsp3) is 0.421. The zero-order valence-corrected chi connectivity index (χ0v) is 17.7. The van der Waals surface area contributed by atoms with Crippen molar-refractivity contribution >= 4 is 33.1 Å². The van der Waals surface area contributed by atoms with Gasteiger partial charge in [0.2, 0.25) is 10.0 Å². The molecule has 30 heavy (non-hydrogen) atoms. The van der Waals surface area contributed by atoms with Gasteiger partial charge in [-0.3, -0.25) is 23.4 Å². The Morgan fingerprint density at radius 3 is 2.47 bits per heavy atom. The van der Waals surface area contributed by atoms with Crippen LogP contribution in [0.25, 0.3) is 0 Å². The van der Waals surface area contributed by atoms with E-state index in [0.29, 0.717) is 31.6 Å². The highest BCUT2D eigenvalue weighted by Crippen LogP contribution is 2.25. The zero-order valence-electron chi connectivity index (χ0n) is 16.9. The Labute approximate surface area is 174 Å². The predicted octanol–water partition coefficient (Wildman–Crippen LogP) is 0.735. The van der Waals surface area contributed by atoms with E-state index in [-0.39, 0.29) is 22.8 Å². The molecule has 1 saturated heterocycles. The summed E-state index contributed by atoms with van der Waals surface area (Å²) in [7, 11) is -1.92. The molecule has 0 bridgehead atoms. The molecule has 1 aromatic carbocycles. The molecule has 0 radical (unpaired) electrons. The highest BCUT2D eigenvalue weighted by atomic mass is 32.2. The molecule has 0 atom stereocenters. The first-order chi connectivity index (χ1) is 14.2. The number of sulfonamides is 1. The SMILES string of the molecule is CCCCn1c(N)c(N(C)C(=O)c2ccc(N3CCCS3(=O)=O)cc2)c(=O)[nH]c1=O. The van der Waals surface area contributed by atoms with E-state index in [0.717, 1.165) is 11.3 Å². The van der Waals surface area contributed by atoms with E-state index in [9.17, 15) is 22.8 Å². The minimum absolute atomic E-state index is 0.0761. The van der Waals surface area contributed by atoms with Gasteiger partial charge in [-0.1, -0.05) is 13.3 Å². The number of aromatic amines is 1. The van der Waals surface area contributed by atoms with Crippen LogP contribution in [0.1, 0.15) is 36.5 Å². The van der Waals surface area contributed by atoms with Crippen LogP contribution in [0.5, 0.6) is 0 Å². The predicted molar refractivity (Wildman–Crippen MR) is 116 cm³/mol. The van der Waals surface area contributed by atoms with Gasteiger partial charge in [0.1, 0.15) is 5.82 Å². The third-order valence-electron chi connectivity index (χ3n) is 5.09. The number of hydrogen-bond acceptors (Lipinski definition) is 6. The molecule has 1 aliphatic heterocycles. The fourth-order valence-electron chi connectivity index (χ4n) is 3.43. The molecule has 3 N–H and O–H groups in total. The zero-order chi connectivity index (χ0) is 22.1. The third kappa shape index (κ3) is 3.97. The summed E-state index contributed by atoms with van der Waals surface area (Å²) in [6, 6.07) is 6.11. The Kier molecular flexibility index (Phi) is 6.01. The molecule has 0 spiro atoms. The van der Waals surface area contributed by atoms with Crippen LogP contribution in [0.4, 0.5) is 17.2 Å². The highest BCUT2D eigenvalue weighted by Gasteiger charge is 2.29. The van der Waals surface area contributed by atoms with Crippen molar-refractivity contribution in [3.05, 3.63) is 50.7 Å². The average molecular weight is 436 g/mol. The number of carbonyl (C=O) groups excluding carboxylic acids is 1. The summed E-state index contributed by atoms with van der Waals surface area (Å²) in [6.45, 7) is 2.69. The Hall–Kier alpha value is -3.08. The number of nitrogens with two attached hydrogens (primary N) is 1. The lowest BCUT2D eigenvalue weighted by molar-refractivity contribution is 0.0992. The number of nitrogens with one attached hydrogen (secondary N) is 1. The third-order valence-corrected chi connectivity index (χ3v) is 6.96. The largest absolute Gasteiger partial charge is 0.383 e. The van der Waals surface area contributed by atoms with Crippen molar-refractivity contribution in [2.24, 2.45) is 0 Å². The van der Waals surface area contributed by atoms with Gasteiger partial charge in [-0.05, 0) is 37.1 Å². The quantitative estimate of drug-likeness (QED) is 0.686. The molecule has 3 rings (SSSR count). The van der Waals surface area contributed by atoms with E-state index in [1.54, 1.807) is 12.1 Å². The molecule has 0 unspecified atom stereocenters. The minimum Gasteiger partial charge on any atom is -0.383 e. The molecule has 0 aliphatic carbocycles. The van der Waals surface area contributed by atoms with E-state index in [1.165, 1.54) is 28.1 Å². The van der Waals surface area contributed by atoms with Gasteiger partial charge in [0.05, 0.1) is 11.4 Å². The molecule has 1 amide bonds. The van der Waals surface area contributed by atoms with Gasteiger partial charge in [-0.15, -0.1) is 0 Å². The molecular formula is C19H25N5O5S. The van der Waals surface area contributed by atoms with Gasteiger partial charge < -0.3 is 10.6 Å². The molecule has 2 aromatic rings. The molecule has 1 aromatic heterocycles. The van der Waals surface area contributed by atoms with Gasteiger partial charge >= 0.3 is 5.69 Å². The number of benzene rings is 1. The number of carbonyl (C=O) groups is 1. The number of aromatic nitrogens is 2. The maximum atomic E-state index is 12.9. The molecule has 1 fully saturated rings. The Bertz CT molecular complexity index is 1170. The minimum atomic E-state index is -3.32. The number of amides is 1. The Morgan fingerprint density at radius 1 is 1.23 bits per heavy atom. The summed E-state index contributed by atoms with van der Waals surface area (Å²) in [6.07, 6.45) is 2.07. The van der Waals surface area contributed by atoms with Crippen molar-refractivity contribution < 1.29 is 13.2 Å². The lowest BCUT2D eigenvalue weighted by Gasteiger charge is -2.21. The summed E-state index contributed by atoms with van der Waals surface area (Å²) >= 11 is 0. The van der Waals surface area contributed by atoms with Gasteiger partial charge in [0.25, 0.3) is 11.5 Å². The second-order valence-electron chi connectivity index (χ2n) is 7.15. The van der Waals surface area contributed by atoms with E-state index in [1.807, 2.05) is 6.92 Å². The second-order valence-corrected chi connectivity index (χ2v) is 9.16. The smallest absolute Gasteiger partial charge is 0.330 e. The first kappa shape index (κ1) is 21.6. The van der Waals surface area contributed by atoms with E-state index >= 15 is 0 Å². The number of anilines is 3. The lowest BCUT2D eigenvalue weighted by atomic mass is 10.1. The van der Waals surface area contributed by atoms with Crippen LogP contribution in [0.2, 0.25) is 0 Å². The number of nitrogens with zero attached hydrogens (tertiary/aromatic N) is 3. The maximum Gasteiger partial charge on any atom is 0.330 e. The normalized spacial score (nSPS) is 15.3. The van der Waals surface area contributed by atoms with Gasteiger partial charge in [0.15, 0.2) is 5.69 Å². The van der Waals surface area contributed by atoms with Crippen molar-refractivity contribution in [1.29, 1.82) is 0 Å². The Balaban J connectivity index is 1.91. The fourth-order valence-corrected chi connectivity index (χ4v) is 5.00. The molecule has 10 nitrogen and oxygen atoms in total. The molecule has 0 saturated carbocycles. The van der Waals surface area contributed by atoms with Crippen LogP contribution in [-0.4, -0.2) is 43.2 Å². The van der Waals surface area contributed by atoms with Crippen LogP contribution in [0.15, 0.2) is 33.9 Å². The van der Waals surface area contributed by atoms with Crippen molar-refractivity contribution in [2.75, 3.05) is 34.3 Å². The lowest BCUT2D eigenvalue weighted by Crippen LogP contribution is -2.39. The number of hydrogen-bond donors (Lipinski definition) is 2. The number of unbranched alkanes of at least 4 members (excludes halogenated alkanes) is 1. The summed E-state index contributed by atoms with van der Waals surface area (Å²) in [5.74, 6) is -0.483. The van der Waals surface area contributed by atoms with Crippen molar-refractivity contribution in [1.82, 2.24) is 9.55 Å². The van der Waals surface area contributed by atoms with E-state index < -0.39 is 27.2 Å². The number of H-pyrrole nitrogens is 1. The molecule has 1 aliphatic rings. The number of nitrogen functional groups attached to an aromatic ring is 1. The van der Waals surface area contributed by atoms with Gasteiger partial charge in [0, 0.05) is 25.7 Å². The summed E-state index contributed by atoms with van der Waals surface area (Å²) in [5.41, 5.74) is 5.31. The molecule has 11 heteroatoms. The molecular weight excluding hydrogens is 410 g/mol. The van der Waals surface area contributed by atoms with Crippen molar-refractivity contribution in [2.45, 2.75) is 32.7 Å². The standard InChI is InChI=1S/C19H25N5O5S/c1-3-4-10-23-16(20)15(17(25)21-19(23)27)22(2)18(26)13-6-8-14(9-7-13)24-11-5-12-30(24,28)29/h6-9H,3-5,10-12,20H2,1-2H3,(H,21,25,27). The monoisotopic (exact) mass is 435 g/mol. The maximum absolute atomic E-state index is 12.9. The molecule has 2 heterocycles. The summed E-state index contributed by atoms with van der Waals surface area (Å²) in [4.78, 5) is 40.6. The first-order valence-corrected chi connectivity index (χ1v) is 11.3. The van der Waals surface area contributed by atoms with Crippen LogP contribution in [0, 0.1) is 0 Å². The first-order valence-electron chi connectivity index (χ1n) is 9.68. The highest BCUT2D eigenvalue weighted by molar-refractivity contribution is 7.93. The topological polar surface area (TPSA) is 139 Å². The van der Waals surface area contributed by atoms with Crippen LogP contribution in [-0.2, 0) is 16.6 Å². The van der Waals surface area contributed by atoms with E-state index in [2.05, 4.69) is 4.98 Å². The summed E-state index contributed by atoms with van der Waals surface area (Å²) < 4.78 is 26.7. The van der Waals surface area contributed by atoms with Gasteiger partial charge in [-0.25, -0.2) is 13.2 Å². The Morgan fingerprint density at radius 2 is 1.90 bits per heavy atom. The second kappa shape index (κ2) is 8.34. The molecule has 162 valence electrons. The number of rotatable bonds is 6. The van der Waals surface area contributed by atoms with Crippen LogP contribution >= 0.6 is 0 Å². The van der Waals surface area contributed by atoms with Gasteiger partial charge in [-0.2, -0.15) is 0 Å².